The highest BCUT2D eigenvalue weighted by atomic mass is 16.6. The Balaban J connectivity index is 1.47. The zero-order chi connectivity index (χ0) is 27.0. The number of aliphatic hydroxyl groups is 3. The van der Waals surface area contributed by atoms with Crippen molar-refractivity contribution in [3.05, 3.63) is 44.2 Å². The van der Waals surface area contributed by atoms with E-state index in [1.165, 1.54) is 16.8 Å². The summed E-state index contributed by atoms with van der Waals surface area (Å²) >= 11 is 0. The van der Waals surface area contributed by atoms with Gasteiger partial charge in [0.05, 0.1) is 17.7 Å². The van der Waals surface area contributed by atoms with Gasteiger partial charge in [-0.2, -0.15) is 10.1 Å². The van der Waals surface area contributed by atoms with E-state index in [0.29, 0.717) is 11.3 Å². The number of nitro benzene ring substituents is 1. The summed E-state index contributed by atoms with van der Waals surface area (Å²) in [5, 5.41) is 46.1. The molecule has 16 nitrogen and oxygen atoms in total. The van der Waals surface area contributed by atoms with Crippen molar-refractivity contribution in [3.63, 3.8) is 0 Å². The van der Waals surface area contributed by atoms with Crippen LogP contribution in [-0.4, -0.2) is 84.0 Å². The first-order valence-corrected chi connectivity index (χ1v) is 12.0. The van der Waals surface area contributed by atoms with Crippen LogP contribution in [0.5, 0.6) is 0 Å². The molecular formula is C22H27N9O7. The van der Waals surface area contributed by atoms with Gasteiger partial charge in [-0.25, -0.2) is 10.4 Å². The van der Waals surface area contributed by atoms with Crippen LogP contribution < -0.4 is 21.6 Å². The number of hydrazone groups is 1. The maximum absolute atomic E-state index is 12.4. The lowest BCUT2D eigenvalue weighted by atomic mass is 10.1. The molecule has 0 aliphatic carbocycles. The van der Waals surface area contributed by atoms with Gasteiger partial charge in [0, 0.05) is 24.7 Å². The minimum atomic E-state index is -1.50. The van der Waals surface area contributed by atoms with Crippen LogP contribution >= 0.6 is 0 Å². The minimum absolute atomic E-state index is 0.0409. The van der Waals surface area contributed by atoms with Gasteiger partial charge >= 0.3 is 0 Å². The van der Waals surface area contributed by atoms with Crippen molar-refractivity contribution >= 4 is 40.6 Å². The Hall–Kier alpha value is -4.12. The van der Waals surface area contributed by atoms with Crippen molar-refractivity contribution in [3.8, 4) is 0 Å². The third kappa shape index (κ3) is 4.65. The van der Waals surface area contributed by atoms with Gasteiger partial charge in [0.15, 0.2) is 17.4 Å². The van der Waals surface area contributed by atoms with Gasteiger partial charge in [0.1, 0.15) is 24.0 Å². The SMILES string of the molecule is Nc1nc2c(nc(N/N=C\c3ccc(N4CCCCC4)c([N+](=O)[O-])c3)n2[C@@H]2O[C@H](CO)[C@@H](O)[C@@H]2O)c(=O)[nH]1. The van der Waals surface area contributed by atoms with Crippen molar-refractivity contribution in [2.45, 2.75) is 43.8 Å². The van der Waals surface area contributed by atoms with E-state index < -0.39 is 41.6 Å². The second kappa shape index (κ2) is 10.3. The van der Waals surface area contributed by atoms with E-state index >= 15 is 0 Å². The molecule has 0 unspecified atom stereocenters. The summed E-state index contributed by atoms with van der Waals surface area (Å²) in [6.07, 6.45) is -0.917. The number of rotatable bonds is 7. The molecule has 2 aromatic heterocycles. The molecule has 0 bridgehead atoms. The molecule has 0 amide bonds. The lowest BCUT2D eigenvalue weighted by Crippen LogP contribution is -2.33. The number of nitrogens with one attached hydrogen (secondary N) is 2. The molecule has 202 valence electrons. The molecule has 3 aromatic rings. The van der Waals surface area contributed by atoms with Gasteiger partial charge in [0.25, 0.3) is 11.2 Å². The first kappa shape index (κ1) is 25.5. The van der Waals surface area contributed by atoms with Gasteiger partial charge in [-0.05, 0) is 25.3 Å². The van der Waals surface area contributed by atoms with Gasteiger partial charge in [-0.15, -0.1) is 0 Å². The fourth-order valence-electron chi connectivity index (χ4n) is 4.75. The number of hydrogen-bond acceptors (Lipinski definition) is 13. The number of benzene rings is 1. The number of piperidine rings is 1. The number of aliphatic hydroxyl groups excluding tert-OH is 3. The van der Waals surface area contributed by atoms with E-state index in [-0.39, 0.29) is 28.7 Å². The van der Waals surface area contributed by atoms with Gasteiger partial charge in [-0.1, -0.05) is 6.07 Å². The van der Waals surface area contributed by atoms with Crippen LogP contribution in [0.3, 0.4) is 0 Å². The lowest BCUT2D eigenvalue weighted by molar-refractivity contribution is -0.384. The van der Waals surface area contributed by atoms with Crippen LogP contribution in [0.15, 0.2) is 28.1 Å². The van der Waals surface area contributed by atoms with E-state index in [2.05, 4.69) is 25.5 Å². The molecule has 0 saturated carbocycles. The van der Waals surface area contributed by atoms with E-state index in [1.54, 1.807) is 12.1 Å². The molecule has 2 aliphatic heterocycles. The molecule has 4 atom stereocenters. The first-order valence-electron chi connectivity index (χ1n) is 12.0. The highest BCUT2D eigenvalue weighted by molar-refractivity contribution is 5.84. The molecule has 16 heteroatoms. The summed E-state index contributed by atoms with van der Waals surface area (Å²) in [5.41, 5.74) is 8.41. The summed E-state index contributed by atoms with van der Waals surface area (Å²) in [6.45, 7) is 0.944. The average Bonchev–Trinajstić information content (AvgIpc) is 3.40. The lowest BCUT2D eigenvalue weighted by Gasteiger charge is -2.28. The summed E-state index contributed by atoms with van der Waals surface area (Å²) < 4.78 is 6.79. The van der Waals surface area contributed by atoms with Crippen molar-refractivity contribution in [1.29, 1.82) is 0 Å². The quantitative estimate of drug-likeness (QED) is 0.131. The molecule has 7 N–H and O–H groups in total. The Morgan fingerprint density at radius 3 is 2.71 bits per heavy atom. The van der Waals surface area contributed by atoms with Crippen LogP contribution in [0.1, 0.15) is 31.1 Å². The third-order valence-electron chi connectivity index (χ3n) is 6.61. The second-order valence-corrected chi connectivity index (χ2v) is 9.08. The number of anilines is 3. The zero-order valence-electron chi connectivity index (χ0n) is 20.1. The number of H-pyrrole nitrogens is 1. The largest absolute Gasteiger partial charge is 0.394 e. The number of nitrogen functional groups attached to an aromatic ring is 1. The van der Waals surface area contributed by atoms with Crippen molar-refractivity contribution in [2.24, 2.45) is 5.10 Å². The molecule has 2 saturated heterocycles. The minimum Gasteiger partial charge on any atom is -0.394 e. The molecule has 4 heterocycles. The highest BCUT2D eigenvalue weighted by Gasteiger charge is 2.45. The van der Waals surface area contributed by atoms with Crippen LogP contribution in [-0.2, 0) is 4.74 Å². The number of ether oxygens (including phenoxy) is 1. The summed E-state index contributed by atoms with van der Waals surface area (Å²) in [4.78, 5) is 36.3. The summed E-state index contributed by atoms with van der Waals surface area (Å²) in [5.74, 6) is -0.305. The fourth-order valence-corrected chi connectivity index (χ4v) is 4.75. The van der Waals surface area contributed by atoms with E-state index in [4.69, 9.17) is 10.5 Å². The predicted octanol–water partition coefficient (Wildman–Crippen LogP) is -0.342. The maximum atomic E-state index is 12.4. The van der Waals surface area contributed by atoms with E-state index in [1.807, 2.05) is 4.90 Å². The predicted molar refractivity (Wildman–Crippen MR) is 136 cm³/mol. The van der Waals surface area contributed by atoms with Crippen LogP contribution in [0.25, 0.3) is 11.2 Å². The normalized spacial score (nSPS) is 23.9. The number of nitrogens with zero attached hydrogens (tertiary/aromatic N) is 6. The number of aromatic amines is 1. The van der Waals surface area contributed by atoms with Crippen LogP contribution in [0.2, 0.25) is 0 Å². The topological polar surface area (TPSA) is 230 Å². The average molecular weight is 530 g/mol. The highest BCUT2D eigenvalue weighted by Crippen LogP contribution is 2.34. The van der Waals surface area contributed by atoms with E-state index in [0.717, 1.165) is 32.4 Å². The fraction of sp³-hybridized carbons (Fsp3) is 0.455. The number of fused-ring (bicyclic) bond motifs is 1. The number of aromatic nitrogens is 4. The molecule has 1 aromatic carbocycles. The molecular weight excluding hydrogens is 502 g/mol. The number of nitrogens with two attached hydrogens (primary N) is 1. The molecule has 0 spiro atoms. The number of imidazole rings is 1. The monoisotopic (exact) mass is 529 g/mol. The van der Waals surface area contributed by atoms with Crippen LogP contribution in [0.4, 0.5) is 23.3 Å². The molecule has 5 rings (SSSR count). The van der Waals surface area contributed by atoms with E-state index in [9.17, 15) is 30.2 Å². The number of hydrogen-bond donors (Lipinski definition) is 6. The number of nitro groups is 1. The Bertz CT molecular complexity index is 1430. The van der Waals surface area contributed by atoms with Crippen LogP contribution in [0, 0.1) is 10.1 Å². The second-order valence-electron chi connectivity index (χ2n) is 9.08. The Morgan fingerprint density at radius 1 is 1.26 bits per heavy atom. The van der Waals surface area contributed by atoms with Gasteiger partial charge in [-0.3, -0.25) is 24.5 Å². The zero-order valence-corrected chi connectivity index (χ0v) is 20.1. The standard InChI is InChI=1S/C22H27N9O7/c23-21-26-18-15(19(35)27-21)25-22(30(18)20-17(34)16(33)14(10-32)38-20)28-24-9-11-4-5-12(13(8-11)31(36)37)29-6-2-1-3-7-29/h4-5,8-9,14,16-17,20,32-34H,1-3,6-7,10H2,(H,25,28)(H3,23,26,27,35)/b24-9-/t14-,16-,17+,20-/m1/s1. The smallest absolute Gasteiger partial charge is 0.293 e. The Kier molecular flexibility index (Phi) is 6.94. The maximum Gasteiger partial charge on any atom is 0.293 e. The molecule has 38 heavy (non-hydrogen) atoms. The Labute approximate surface area is 214 Å². The molecule has 2 fully saturated rings. The first-order chi connectivity index (χ1) is 18.3. The van der Waals surface area contributed by atoms with Crippen molar-refractivity contribution in [1.82, 2.24) is 19.5 Å². The summed E-state index contributed by atoms with van der Waals surface area (Å²) in [7, 11) is 0. The Morgan fingerprint density at radius 2 is 2.03 bits per heavy atom. The summed E-state index contributed by atoms with van der Waals surface area (Å²) in [6, 6.07) is 4.80. The molecule has 2 aliphatic rings. The van der Waals surface area contributed by atoms with Gasteiger partial charge < -0.3 is 30.7 Å². The van der Waals surface area contributed by atoms with Gasteiger partial charge in [0.2, 0.25) is 11.9 Å². The molecule has 0 radical (unpaired) electrons. The van der Waals surface area contributed by atoms with Crippen molar-refractivity contribution < 1.29 is 25.0 Å². The third-order valence-corrected chi connectivity index (χ3v) is 6.61. The van der Waals surface area contributed by atoms with Crippen molar-refractivity contribution in [2.75, 3.05) is 35.8 Å².